The summed E-state index contributed by atoms with van der Waals surface area (Å²) in [6.07, 6.45) is 9.12. The third kappa shape index (κ3) is 6.83. The number of aliphatic imine (C=N–C) groups is 1. The Morgan fingerprint density at radius 2 is 2.00 bits per heavy atom. The molecule has 1 aromatic carbocycles. The van der Waals surface area contributed by atoms with E-state index in [0.717, 1.165) is 42.4 Å². The summed E-state index contributed by atoms with van der Waals surface area (Å²) in [4.78, 5) is 4.70. The van der Waals surface area contributed by atoms with Crippen molar-refractivity contribution in [1.82, 2.24) is 15.2 Å². The van der Waals surface area contributed by atoms with Crippen LogP contribution >= 0.6 is 24.0 Å². The van der Waals surface area contributed by atoms with Crippen LogP contribution in [0.25, 0.3) is 0 Å². The van der Waals surface area contributed by atoms with Crippen molar-refractivity contribution in [2.75, 3.05) is 13.7 Å². The molecule has 0 unspecified atom stereocenters. The van der Waals surface area contributed by atoms with E-state index >= 15 is 0 Å². The third-order valence-corrected chi connectivity index (χ3v) is 4.97. The molecule has 1 heterocycles. The molecule has 0 spiro atoms. The molecule has 1 aliphatic rings. The van der Waals surface area contributed by atoms with Gasteiger partial charge in [-0.25, -0.2) is 4.99 Å². The van der Waals surface area contributed by atoms with E-state index in [9.17, 15) is 0 Å². The molecule has 3 rings (SSSR count). The van der Waals surface area contributed by atoms with Crippen molar-refractivity contribution in [3.63, 3.8) is 0 Å². The molecule has 29 heavy (non-hydrogen) atoms. The highest BCUT2D eigenvalue weighted by Crippen LogP contribution is 2.34. The number of aromatic nitrogens is 1. The number of hydrogen-bond acceptors (Lipinski definition) is 3. The predicted molar refractivity (Wildman–Crippen MR) is 128 cm³/mol. The van der Waals surface area contributed by atoms with Crippen molar-refractivity contribution in [3.8, 4) is 11.5 Å². The Hall–Kier alpha value is -1.90. The molecular weight excluding hydrogens is 479 g/mol. The van der Waals surface area contributed by atoms with E-state index in [4.69, 9.17) is 14.5 Å². The molecule has 1 aromatic heterocycles. The quantitative estimate of drug-likeness (QED) is 0.316. The number of rotatable bonds is 8. The van der Waals surface area contributed by atoms with Crippen LogP contribution < -0.4 is 20.1 Å². The highest BCUT2D eigenvalue weighted by molar-refractivity contribution is 14.0. The molecule has 2 N–H and O–H groups in total. The minimum atomic E-state index is 0. The third-order valence-electron chi connectivity index (χ3n) is 4.97. The van der Waals surface area contributed by atoms with Gasteiger partial charge in [-0.05, 0) is 50.3 Å². The van der Waals surface area contributed by atoms with E-state index in [1.165, 1.54) is 18.4 Å². The molecule has 0 bridgehead atoms. The van der Waals surface area contributed by atoms with Gasteiger partial charge < -0.3 is 24.7 Å². The maximum absolute atomic E-state index is 6.32. The Morgan fingerprint density at radius 1 is 1.21 bits per heavy atom. The van der Waals surface area contributed by atoms with Crippen LogP contribution in [0.2, 0.25) is 0 Å². The molecule has 1 saturated carbocycles. The molecule has 160 valence electrons. The lowest BCUT2D eigenvalue weighted by atomic mass is 10.1. The Balaban J connectivity index is 0.00000300. The second-order valence-corrected chi connectivity index (χ2v) is 7.21. The van der Waals surface area contributed by atoms with Crippen molar-refractivity contribution in [2.45, 2.75) is 51.8 Å². The second-order valence-electron chi connectivity index (χ2n) is 7.21. The largest absolute Gasteiger partial charge is 0.493 e. The van der Waals surface area contributed by atoms with Crippen LogP contribution in [0.1, 0.15) is 43.7 Å². The second kappa shape index (κ2) is 11.9. The number of ether oxygens (including phenoxy) is 2. The number of hydrogen-bond donors (Lipinski definition) is 2. The fourth-order valence-corrected chi connectivity index (χ4v) is 3.51. The molecule has 0 amide bonds. The zero-order chi connectivity index (χ0) is 19.8. The smallest absolute Gasteiger partial charge is 0.191 e. The normalized spacial score (nSPS) is 14.4. The predicted octanol–water partition coefficient (Wildman–Crippen LogP) is 4.23. The van der Waals surface area contributed by atoms with Gasteiger partial charge in [-0.15, -0.1) is 24.0 Å². The SMILES string of the molecule is CCNC(=NCc1ccn(C)c1)NCc1cccc(OC)c1OC1CCCC1.I. The van der Waals surface area contributed by atoms with Gasteiger partial charge in [0.15, 0.2) is 17.5 Å². The van der Waals surface area contributed by atoms with Crippen molar-refractivity contribution in [2.24, 2.45) is 12.0 Å². The first kappa shape index (κ1) is 23.4. The average molecular weight is 512 g/mol. The minimum Gasteiger partial charge on any atom is -0.493 e. The first-order chi connectivity index (χ1) is 13.7. The van der Waals surface area contributed by atoms with Gasteiger partial charge in [0.1, 0.15) is 0 Å². The molecule has 2 aromatic rings. The summed E-state index contributed by atoms with van der Waals surface area (Å²) < 4.78 is 13.9. The summed E-state index contributed by atoms with van der Waals surface area (Å²) in [5.74, 6) is 2.43. The summed E-state index contributed by atoms with van der Waals surface area (Å²) in [5.41, 5.74) is 2.27. The summed E-state index contributed by atoms with van der Waals surface area (Å²) in [6.45, 7) is 4.14. The summed E-state index contributed by atoms with van der Waals surface area (Å²) >= 11 is 0. The van der Waals surface area contributed by atoms with E-state index in [2.05, 4.69) is 35.9 Å². The Bertz CT molecular complexity index is 785. The van der Waals surface area contributed by atoms with Crippen molar-refractivity contribution in [1.29, 1.82) is 0 Å². The topological polar surface area (TPSA) is 59.8 Å². The maximum Gasteiger partial charge on any atom is 0.191 e. The lowest BCUT2D eigenvalue weighted by Gasteiger charge is -2.20. The Morgan fingerprint density at radius 3 is 2.66 bits per heavy atom. The Kier molecular flexibility index (Phi) is 9.63. The van der Waals surface area contributed by atoms with Gasteiger partial charge in [-0.2, -0.15) is 0 Å². The number of aryl methyl sites for hydroxylation is 1. The van der Waals surface area contributed by atoms with Gasteiger partial charge in [-0.1, -0.05) is 12.1 Å². The Labute approximate surface area is 191 Å². The zero-order valence-electron chi connectivity index (χ0n) is 17.6. The number of para-hydroxylation sites is 1. The van der Waals surface area contributed by atoms with Gasteiger partial charge in [-0.3, -0.25) is 0 Å². The molecule has 0 radical (unpaired) electrons. The first-order valence-electron chi connectivity index (χ1n) is 10.1. The van der Waals surface area contributed by atoms with Gasteiger partial charge >= 0.3 is 0 Å². The van der Waals surface area contributed by atoms with Crippen LogP contribution in [0.15, 0.2) is 41.7 Å². The lowest BCUT2D eigenvalue weighted by Crippen LogP contribution is -2.37. The van der Waals surface area contributed by atoms with Gasteiger partial charge in [0.05, 0.1) is 19.8 Å². The molecule has 7 heteroatoms. The van der Waals surface area contributed by atoms with E-state index in [1.54, 1.807) is 7.11 Å². The monoisotopic (exact) mass is 512 g/mol. The molecule has 6 nitrogen and oxygen atoms in total. The molecular formula is C22H33IN4O2. The number of guanidine groups is 1. The number of nitrogens with one attached hydrogen (secondary N) is 2. The maximum atomic E-state index is 6.32. The van der Waals surface area contributed by atoms with Crippen molar-refractivity contribution in [3.05, 3.63) is 47.8 Å². The molecule has 0 aliphatic heterocycles. The standard InChI is InChI=1S/C22H32N4O2.HI/c1-4-23-22(24-14-17-12-13-26(2)16-17)25-15-18-8-7-11-20(27-3)21(18)28-19-9-5-6-10-19;/h7-8,11-13,16,19H,4-6,9-10,14-15H2,1-3H3,(H2,23,24,25);1H. The fraction of sp³-hybridized carbons (Fsp3) is 0.500. The van der Waals surface area contributed by atoms with Crippen LogP contribution in [-0.4, -0.2) is 30.3 Å². The first-order valence-corrected chi connectivity index (χ1v) is 10.1. The molecule has 1 aliphatic carbocycles. The summed E-state index contributed by atoms with van der Waals surface area (Å²) in [5, 5.41) is 6.74. The van der Waals surface area contributed by atoms with Crippen LogP contribution in [0.4, 0.5) is 0 Å². The molecule has 1 fully saturated rings. The van der Waals surface area contributed by atoms with Gasteiger partial charge in [0, 0.05) is 38.1 Å². The average Bonchev–Trinajstić information content (AvgIpc) is 3.36. The van der Waals surface area contributed by atoms with E-state index in [1.807, 2.05) is 29.9 Å². The molecule has 0 atom stereocenters. The van der Waals surface area contributed by atoms with Crippen molar-refractivity contribution < 1.29 is 9.47 Å². The highest BCUT2D eigenvalue weighted by atomic mass is 127. The van der Waals surface area contributed by atoms with E-state index in [0.29, 0.717) is 13.1 Å². The number of halogens is 1. The van der Waals surface area contributed by atoms with Crippen LogP contribution in [0.5, 0.6) is 11.5 Å². The van der Waals surface area contributed by atoms with E-state index in [-0.39, 0.29) is 30.1 Å². The van der Waals surface area contributed by atoms with Crippen LogP contribution in [0, 0.1) is 0 Å². The van der Waals surface area contributed by atoms with Gasteiger partial charge in [0.2, 0.25) is 0 Å². The number of nitrogens with zero attached hydrogens (tertiary/aromatic N) is 2. The summed E-state index contributed by atoms with van der Waals surface area (Å²) in [7, 11) is 3.71. The fourth-order valence-electron chi connectivity index (χ4n) is 3.51. The zero-order valence-corrected chi connectivity index (χ0v) is 19.9. The van der Waals surface area contributed by atoms with Crippen LogP contribution in [-0.2, 0) is 20.1 Å². The number of benzene rings is 1. The van der Waals surface area contributed by atoms with Gasteiger partial charge in [0.25, 0.3) is 0 Å². The number of methoxy groups -OCH3 is 1. The van der Waals surface area contributed by atoms with Crippen molar-refractivity contribution >= 4 is 29.9 Å². The minimum absolute atomic E-state index is 0. The highest BCUT2D eigenvalue weighted by Gasteiger charge is 2.20. The lowest BCUT2D eigenvalue weighted by molar-refractivity contribution is 0.198. The van der Waals surface area contributed by atoms with Crippen LogP contribution in [0.3, 0.4) is 0 Å². The van der Waals surface area contributed by atoms with E-state index < -0.39 is 0 Å². The summed E-state index contributed by atoms with van der Waals surface area (Å²) in [6, 6.07) is 8.14. The molecule has 0 saturated heterocycles.